The molecule has 0 radical (unpaired) electrons. The third-order valence-electron chi connectivity index (χ3n) is 4.59. The molecule has 4 aromatic rings. The molecule has 0 saturated carbocycles. The van der Waals surface area contributed by atoms with E-state index in [2.05, 4.69) is 20.9 Å². The number of rotatable bonds is 4. The SMILES string of the molecule is CN(Cc1ccc(Br)cc1)C(=O)c1cc(-c2ccccc2)nc2ccncc12. The Morgan fingerprint density at radius 3 is 2.54 bits per heavy atom. The zero-order valence-electron chi connectivity index (χ0n) is 15.3. The summed E-state index contributed by atoms with van der Waals surface area (Å²) in [6.07, 6.45) is 3.40. The Balaban J connectivity index is 1.73. The van der Waals surface area contributed by atoms with Crippen molar-refractivity contribution in [3.8, 4) is 11.3 Å². The molecule has 138 valence electrons. The molecular weight excluding hydrogens is 414 g/mol. The summed E-state index contributed by atoms with van der Waals surface area (Å²) >= 11 is 3.44. The summed E-state index contributed by atoms with van der Waals surface area (Å²) in [5.74, 6) is -0.0551. The molecule has 2 heterocycles. The van der Waals surface area contributed by atoms with Crippen LogP contribution in [0.15, 0.2) is 83.6 Å². The van der Waals surface area contributed by atoms with Crippen LogP contribution in [0.3, 0.4) is 0 Å². The fraction of sp³-hybridized carbons (Fsp3) is 0.0870. The van der Waals surface area contributed by atoms with Gasteiger partial charge in [-0.3, -0.25) is 9.78 Å². The van der Waals surface area contributed by atoms with Crippen molar-refractivity contribution in [3.63, 3.8) is 0 Å². The van der Waals surface area contributed by atoms with Crippen LogP contribution in [0, 0.1) is 0 Å². The van der Waals surface area contributed by atoms with E-state index in [9.17, 15) is 4.79 Å². The molecule has 28 heavy (non-hydrogen) atoms. The topological polar surface area (TPSA) is 46.1 Å². The second-order valence-electron chi connectivity index (χ2n) is 6.60. The van der Waals surface area contributed by atoms with Gasteiger partial charge in [0, 0.05) is 41.4 Å². The summed E-state index contributed by atoms with van der Waals surface area (Å²) in [5.41, 5.74) is 4.19. The number of pyridine rings is 2. The molecule has 0 unspecified atom stereocenters. The Morgan fingerprint density at radius 2 is 1.79 bits per heavy atom. The van der Waals surface area contributed by atoms with Gasteiger partial charge in [0.15, 0.2) is 0 Å². The van der Waals surface area contributed by atoms with Crippen LogP contribution in [0.2, 0.25) is 0 Å². The van der Waals surface area contributed by atoms with Crippen molar-refractivity contribution >= 4 is 32.7 Å². The summed E-state index contributed by atoms with van der Waals surface area (Å²) < 4.78 is 1.02. The number of benzene rings is 2. The normalized spacial score (nSPS) is 10.8. The van der Waals surface area contributed by atoms with Crippen LogP contribution in [0.4, 0.5) is 0 Å². The first-order valence-corrected chi connectivity index (χ1v) is 9.71. The van der Waals surface area contributed by atoms with Gasteiger partial charge in [0.05, 0.1) is 16.8 Å². The molecule has 0 saturated heterocycles. The number of nitrogens with zero attached hydrogens (tertiary/aromatic N) is 3. The van der Waals surface area contributed by atoms with Gasteiger partial charge in [-0.1, -0.05) is 58.4 Å². The van der Waals surface area contributed by atoms with E-state index in [1.54, 1.807) is 17.3 Å². The van der Waals surface area contributed by atoms with Crippen molar-refractivity contribution in [2.75, 3.05) is 7.05 Å². The molecule has 5 heteroatoms. The molecule has 0 aliphatic rings. The highest BCUT2D eigenvalue weighted by molar-refractivity contribution is 9.10. The highest BCUT2D eigenvalue weighted by Gasteiger charge is 2.18. The van der Waals surface area contributed by atoms with Crippen LogP contribution in [-0.4, -0.2) is 27.8 Å². The Hall–Kier alpha value is -3.05. The van der Waals surface area contributed by atoms with Gasteiger partial charge in [-0.05, 0) is 29.8 Å². The maximum absolute atomic E-state index is 13.3. The van der Waals surface area contributed by atoms with Crippen molar-refractivity contribution in [2.45, 2.75) is 6.54 Å². The lowest BCUT2D eigenvalue weighted by Gasteiger charge is -2.19. The monoisotopic (exact) mass is 431 g/mol. The highest BCUT2D eigenvalue weighted by Crippen LogP contribution is 2.25. The Labute approximate surface area is 172 Å². The summed E-state index contributed by atoms with van der Waals surface area (Å²) in [7, 11) is 1.81. The number of amides is 1. The third-order valence-corrected chi connectivity index (χ3v) is 5.12. The van der Waals surface area contributed by atoms with Crippen LogP contribution >= 0.6 is 15.9 Å². The second-order valence-corrected chi connectivity index (χ2v) is 7.52. The van der Waals surface area contributed by atoms with Crippen molar-refractivity contribution in [1.29, 1.82) is 0 Å². The number of aromatic nitrogens is 2. The third kappa shape index (κ3) is 3.80. The first-order valence-electron chi connectivity index (χ1n) is 8.92. The molecule has 0 spiro atoms. The van der Waals surface area contributed by atoms with E-state index in [0.717, 1.165) is 32.2 Å². The van der Waals surface area contributed by atoms with E-state index in [0.29, 0.717) is 12.1 Å². The van der Waals surface area contributed by atoms with E-state index < -0.39 is 0 Å². The summed E-state index contributed by atoms with van der Waals surface area (Å²) in [6, 6.07) is 21.6. The average Bonchev–Trinajstić information content (AvgIpc) is 2.74. The minimum Gasteiger partial charge on any atom is -0.337 e. The molecule has 2 aromatic carbocycles. The maximum atomic E-state index is 13.3. The van der Waals surface area contributed by atoms with Gasteiger partial charge < -0.3 is 4.90 Å². The molecule has 4 rings (SSSR count). The standard InChI is InChI=1S/C23H18BrN3O/c1-27(15-16-7-9-18(24)10-8-16)23(28)19-13-22(17-5-3-2-4-6-17)26-21-11-12-25-14-20(19)21/h2-14H,15H2,1H3. The predicted octanol–water partition coefficient (Wildman–Crippen LogP) is 5.33. The summed E-state index contributed by atoms with van der Waals surface area (Å²) in [4.78, 5) is 23.9. The van der Waals surface area contributed by atoms with Crippen LogP contribution in [0.1, 0.15) is 15.9 Å². The minimum atomic E-state index is -0.0551. The van der Waals surface area contributed by atoms with Crippen LogP contribution in [0.25, 0.3) is 22.2 Å². The molecule has 0 aliphatic heterocycles. The lowest BCUT2D eigenvalue weighted by atomic mass is 10.0. The van der Waals surface area contributed by atoms with Crippen molar-refractivity contribution in [3.05, 3.63) is 94.7 Å². The maximum Gasteiger partial charge on any atom is 0.254 e. The number of carbonyl (C=O) groups excluding carboxylic acids is 1. The molecule has 4 nitrogen and oxygen atoms in total. The Kier molecular flexibility index (Phi) is 5.17. The molecule has 2 aromatic heterocycles. The van der Waals surface area contributed by atoms with E-state index in [4.69, 9.17) is 4.98 Å². The van der Waals surface area contributed by atoms with Gasteiger partial charge in [0.25, 0.3) is 5.91 Å². The number of carbonyl (C=O) groups is 1. The molecule has 0 aliphatic carbocycles. The number of halogens is 1. The van der Waals surface area contributed by atoms with Gasteiger partial charge >= 0.3 is 0 Å². The van der Waals surface area contributed by atoms with E-state index in [1.807, 2.05) is 73.8 Å². The molecule has 0 fully saturated rings. The van der Waals surface area contributed by atoms with Gasteiger partial charge in [-0.2, -0.15) is 0 Å². The Morgan fingerprint density at radius 1 is 1.04 bits per heavy atom. The van der Waals surface area contributed by atoms with Gasteiger partial charge in [-0.15, -0.1) is 0 Å². The first kappa shape index (κ1) is 18.3. The summed E-state index contributed by atoms with van der Waals surface area (Å²) in [5, 5.41) is 0.759. The van der Waals surface area contributed by atoms with Crippen LogP contribution < -0.4 is 0 Å². The van der Waals surface area contributed by atoms with Crippen LogP contribution in [0.5, 0.6) is 0 Å². The molecule has 1 amide bonds. The number of hydrogen-bond acceptors (Lipinski definition) is 3. The number of fused-ring (bicyclic) bond motifs is 1. The molecule has 0 bridgehead atoms. The minimum absolute atomic E-state index is 0.0551. The van der Waals surface area contributed by atoms with Crippen molar-refractivity contribution in [2.24, 2.45) is 0 Å². The lowest BCUT2D eigenvalue weighted by molar-refractivity contribution is 0.0787. The smallest absolute Gasteiger partial charge is 0.254 e. The number of hydrogen-bond donors (Lipinski definition) is 0. The van der Waals surface area contributed by atoms with E-state index >= 15 is 0 Å². The quantitative estimate of drug-likeness (QED) is 0.438. The zero-order chi connectivity index (χ0) is 19.5. The van der Waals surface area contributed by atoms with Gasteiger partial charge in [0.1, 0.15) is 0 Å². The predicted molar refractivity (Wildman–Crippen MR) is 115 cm³/mol. The Bertz CT molecular complexity index is 1130. The largest absolute Gasteiger partial charge is 0.337 e. The molecule has 0 atom stereocenters. The average molecular weight is 432 g/mol. The van der Waals surface area contributed by atoms with E-state index in [1.165, 1.54) is 0 Å². The molecule has 0 N–H and O–H groups in total. The van der Waals surface area contributed by atoms with Crippen LogP contribution in [-0.2, 0) is 6.54 Å². The molecular formula is C23H18BrN3O. The van der Waals surface area contributed by atoms with Gasteiger partial charge in [0.2, 0.25) is 0 Å². The highest BCUT2D eigenvalue weighted by atomic mass is 79.9. The van der Waals surface area contributed by atoms with Gasteiger partial charge in [-0.25, -0.2) is 4.98 Å². The van der Waals surface area contributed by atoms with E-state index in [-0.39, 0.29) is 5.91 Å². The zero-order valence-corrected chi connectivity index (χ0v) is 16.9. The van der Waals surface area contributed by atoms with Crippen molar-refractivity contribution in [1.82, 2.24) is 14.9 Å². The first-order chi connectivity index (χ1) is 13.6. The summed E-state index contributed by atoms with van der Waals surface area (Å²) in [6.45, 7) is 0.525. The fourth-order valence-electron chi connectivity index (χ4n) is 3.14. The fourth-order valence-corrected chi connectivity index (χ4v) is 3.41. The second kappa shape index (κ2) is 7.90. The lowest BCUT2D eigenvalue weighted by Crippen LogP contribution is -2.26. The van der Waals surface area contributed by atoms with Crippen molar-refractivity contribution < 1.29 is 4.79 Å².